The van der Waals surface area contributed by atoms with Crippen molar-refractivity contribution in [3.05, 3.63) is 65.2 Å². The Labute approximate surface area is 145 Å². The summed E-state index contributed by atoms with van der Waals surface area (Å²) in [5, 5.41) is 12.3. The molecule has 0 spiro atoms. The van der Waals surface area contributed by atoms with E-state index in [4.69, 9.17) is 0 Å². The molecule has 2 rings (SSSR count). The van der Waals surface area contributed by atoms with Crippen molar-refractivity contribution < 1.29 is 23.4 Å². The fourth-order valence-electron chi connectivity index (χ4n) is 2.48. The maximum atomic E-state index is 12.2. The summed E-state index contributed by atoms with van der Waals surface area (Å²) in [5.41, 5.74) is 2.53. The number of aliphatic hydroxyl groups excluding tert-OH is 1. The van der Waals surface area contributed by atoms with E-state index in [1.165, 1.54) is 17.7 Å². The minimum absolute atomic E-state index is 0.00395. The van der Waals surface area contributed by atoms with Crippen LogP contribution in [0.3, 0.4) is 0 Å². The van der Waals surface area contributed by atoms with Crippen molar-refractivity contribution in [2.75, 3.05) is 6.61 Å². The molecule has 0 radical (unpaired) electrons. The van der Waals surface area contributed by atoms with Gasteiger partial charge in [0.05, 0.1) is 19.1 Å². The molecule has 0 aromatic heterocycles. The van der Waals surface area contributed by atoms with E-state index in [2.05, 4.69) is 10.1 Å². The lowest BCUT2D eigenvalue weighted by Crippen LogP contribution is -2.32. The van der Waals surface area contributed by atoms with Gasteiger partial charge in [-0.1, -0.05) is 43.3 Å². The van der Waals surface area contributed by atoms with Gasteiger partial charge in [0.15, 0.2) is 0 Å². The summed E-state index contributed by atoms with van der Waals surface area (Å²) in [6.07, 6.45) is 0.914. The van der Waals surface area contributed by atoms with Gasteiger partial charge in [-0.05, 0) is 35.2 Å². The van der Waals surface area contributed by atoms with Crippen LogP contribution in [0.1, 0.15) is 29.7 Å². The van der Waals surface area contributed by atoms with E-state index >= 15 is 0 Å². The van der Waals surface area contributed by atoms with Crippen molar-refractivity contribution in [2.24, 2.45) is 0 Å². The van der Waals surface area contributed by atoms with Crippen LogP contribution in [0.2, 0.25) is 0 Å². The maximum absolute atomic E-state index is 12.2. The van der Waals surface area contributed by atoms with E-state index in [1.807, 2.05) is 31.2 Å². The molecule has 1 atom stereocenters. The van der Waals surface area contributed by atoms with Gasteiger partial charge in [-0.15, -0.1) is 0 Å². The third-order valence-corrected chi connectivity index (χ3v) is 3.80. The Morgan fingerprint density at radius 1 is 1.16 bits per heavy atom. The normalized spacial score (nSPS) is 12.0. The van der Waals surface area contributed by atoms with Gasteiger partial charge in [-0.25, -0.2) is 0 Å². The minimum atomic E-state index is -2.91. The Morgan fingerprint density at radius 3 is 2.48 bits per heavy atom. The lowest BCUT2D eigenvalue weighted by atomic mass is 10.0. The highest BCUT2D eigenvalue weighted by molar-refractivity contribution is 5.79. The number of nitrogens with one attached hydrogen (secondary N) is 1. The Hall–Kier alpha value is -2.47. The fraction of sp³-hybridized carbons (Fsp3) is 0.316. The first-order chi connectivity index (χ1) is 12.0. The van der Waals surface area contributed by atoms with E-state index < -0.39 is 12.7 Å². The van der Waals surface area contributed by atoms with Gasteiger partial charge >= 0.3 is 6.61 Å². The predicted molar refractivity (Wildman–Crippen MR) is 90.6 cm³/mol. The Bertz CT molecular complexity index is 689. The van der Waals surface area contributed by atoms with Gasteiger partial charge in [0, 0.05) is 0 Å². The van der Waals surface area contributed by atoms with Crippen LogP contribution in [0.4, 0.5) is 8.78 Å². The number of amides is 1. The van der Waals surface area contributed by atoms with E-state index in [0.717, 1.165) is 12.0 Å². The molecule has 0 aliphatic heterocycles. The average molecular weight is 349 g/mol. The zero-order chi connectivity index (χ0) is 18.2. The number of alkyl halides is 2. The SMILES string of the molecule is CCc1ccc(C(CO)NC(=O)Cc2cccc(OC(F)F)c2)cc1. The summed E-state index contributed by atoms with van der Waals surface area (Å²) in [6.45, 7) is -1.09. The standard InChI is InChI=1S/C19H21F2NO3/c1-2-13-6-8-15(9-7-13)17(12-23)22-18(24)11-14-4-3-5-16(10-14)25-19(20)21/h3-10,17,19,23H,2,11-12H2,1H3,(H,22,24). The summed E-state index contributed by atoms with van der Waals surface area (Å²) in [6, 6.07) is 13.1. The first kappa shape index (κ1) is 18.9. The van der Waals surface area contributed by atoms with Gasteiger partial charge in [-0.2, -0.15) is 8.78 Å². The first-order valence-corrected chi connectivity index (χ1v) is 8.04. The summed E-state index contributed by atoms with van der Waals surface area (Å²) in [5.74, 6) is -0.304. The molecular formula is C19H21F2NO3. The molecule has 134 valence electrons. The second-order valence-corrected chi connectivity index (χ2v) is 5.60. The molecule has 25 heavy (non-hydrogen) atoms. The van der Waals surface area contributed by atoms with Gasteiger partial charge in [0.25, 0.3) is 0 Å². The van der Waals surface area contributed by atoms with Crippen LogP contribution < -0.4 is 10.1 Å². The number of hydrogen-bond acceptors (Lipinski definition) is 3. The molecule has 0 saturated heterocycles. The molecule has 6 heteroatoms. The first-order valence-electron chi connectivity index (χ1n) is 8.04. The van der Waals surface area contributed by atoms with Gasteiger partial charge < -0.3 is 15.2 Å². The number of aliphatic hydroxyl groups is 1. The minimum Gasteiger partial charge on any atom is -0.435 e. The topological polar surface area (TPSA) is 58.6 Å². The molecule has 2 aromatic rings. The van der Waals surface area contributed by atoms with Crippen LogP contribution in [0, 0.1) is 0 Å². The van der Waals surface area contributed by atoms with Crippen molar-refractivity contribution in [1.29, 1.82) is 0 Å². The van der Waals surface area contributed by atoms with Gasteiger partial charge in [0.2, 0.25) is 5.91 Å². The molecule has 1 unspecified atom stereocenters. The van der Waals surface area contributed by atoms with Crippen molar-refractivity contribution >= 4 is 5.91 Å². The lowest BCUT2D eigenvalue weighted by molar-refractivity contribution is -0.121. The number of rotatable bonds is 8. The third-order valence-electron chi connectivity index (χ3n) is 3.80. The second kappa shape index (κ2) is 9.13. The van der Waals surface area contributed by atoms with Crippen LogP contribution in [0.25, 0.3) is 0 Å². The Morgan fingerprint density at radius 2 is 1.88 bits per heavy atom. The molecule has 0 heterocycles. The van der Waals surface area contributed by atoms with E-state index in [0.29, 0.717) is 5.56 Å². The number of benzene rings is 2. The highest BCUT2D eigenvalue weighted by Gasteiger charge is 2.14. The monoisotopic (exact) mass is 349 g/mol. The molecule has 4 nitrogen and oxygen atoms in total. The number of carbonyl (C=O) groups excluding carboxylic acids is 1. The van der Waals surface area contributed by atoms with Crippen molar-refractivity contribution in [3.8, 4) is 5.75 Å². The molecule has 0 aliphatic carbocycles. The maximum Gasteiger partial charge on any atom is 0.387 e. The average Bonchev–Trinajstić information content (AvgIpc) is 2.59. The zero-order valence-corrected chi connectivity index (χ0v) is 13.9. The van der Waals surface area contributed by atoms with Crippen LogP contribution in [0.15, 0.2) is 48.5 Å². The quantitative estimate of drug-likeness (QED) is 0.769. The molecule has 2 N–H and O–H groups in total. The van der Waals surface area contributed by atoms with Crippen molar-refractivity contribution in [3.63, 3.8) is 0 Å². The number of carbonyl (C=O) groups is 1. The number of ether oxygens (including phenoxy) is 1. The Kier molecular flexibility index (Phi) is 6.89. The molecule has 0 saturated carbocycles. The second-order valence-electron chi connectivity index (χ2n) is 5.60. The molecule has 0 bridgehead atoms. The largest absolute Gasteiger partial charge is 0.435 e. The molecule has 0 aliphatic rings. The van der Waals surface area contributed by atoms with Crippen LogP contribution in [-0.2, 0) is 17.6 Å². The molecular weight excluding hydrogens is 328 g/mol. The summed E-state index contributed by atoms with van der Waals surface area (Å²) < 4.78 is 28.8. The smallest absolute Gasteiger partial charge is 0.387 e. The van der Waals surface area contributed by atoms with Crippen LogP contribution >= 0.6 is 0 Å². The van der Waals surface area contributed by atoms with Crippen LogP contribution in [0.5, 0.6) is 5.75 Å². The van der Waals surface area contributed by atoms with E-state index in [1.54, 1.807) is 12.1 Å². The fourth-order valence-corrected chi connectivity index (χ4v) is 2.48. The summed E-state index contributed by atoms with van der Waals surface area (Å²) in [4.78, 5) is 12.2. The van der Waals surface area contributed by atoms with E-state index in [-0.39, 0.29) is 24.7 Å². The van der Waals surface area contributed by atoms with Crippen molar-refractivity contribution in [2.45, 2.75) is 32.4 Å². The predicted octanol–water partition coefficient (Wildman–Crippen LogP) is 3.24. The summed E-state index contributed by atoms with van der Waals surface area (Å²) in [7, 11) is 0. The molecule has 1 amide bonds. The van der Waals surface area contributed by atoms with Crippen molar-refractivity contribution in [1.82, 2.24) is 5.32 Å². The summed E-state index contributed by atoms with van der Waals surface area (Å²) >= 11 is 0. The number of halogens is 2. The van der Waals surface area contributed by atoms with Gasteiger partial charge in [0.1, 0.15) is 5.75 Å². The molecule has 2 aromatic carbocycles. The number of hydrogen-bond donors (Lipinski definition) is 2. The Balaban J connectivity index is 1.99. The lowest BCUT2D eigenvalue weighted by Gasteiger charge is -2.17. The zero-order valence-electron chi connectivity index (χ0n) is 13.9. The van der Waals surface area contributed by atoms with Crippen LogP contribution in [-0.4, -0.2) is 24.2 Å². The third kappa shape index (κ3) is 5.83. The van der Waals surface area contributed by atoms with E-state index in [9.17, 15) is 18.7 Å². The number of aryl methyl sites for hydroxylation is 1. The highest BCUT2D eigenvalue weighted by Crippen LogP contribution is 2.17. The molecule has 0 fully saturated rings. The highest BCUT2D eigenvalue weighted by atomic mass is 19.3. The van der Waals surface area contributed by atoms with Gasteiger partial charge in [-0.3, -0.25) is 4.79 Å².